The number of benzene rings is 3. The lowest BCUT2D eigenvalue weighted by Gasteiger charge is -2.31. The zero-order valence-electron chi connectivity index (χ0n) is 16.4. The summed E-state index contributed by atoms with van der Waals surface area (Å²) in [6, 6.07) is 20.6. The number of nitrogens with one attached hydrogen (secondary N) is 1. The SMILES string of the molecule is O=C(Nc1ccc2ccccc2c1)[C@H]1CCCN(S(=O)(=O)Cc2ccccc2Cl)C1. The number of sulfonamides is 1. The first-order valence-corrected chi connectivity index (χ1v) is 11.9. The zero-order valence-corrected chi connectivity index (χ0v) is 18.0. The van der Waals surface area contributed by atoms with Gasteiger partial charge in [0.05, 0.1) is 11.7 Å². The highest BCUT2D eigenvalue weighted by Gasteiger charge is 2.32. The molecule has 0 unspecified atom stereocenters. The van der Waals surface area contributed by atoms with Crippen LogP contribution in [0.15, 0.2) is 66.7 Å². The number of hydrogen-bond donors (Lipinski definition) is 1. The molecule has 1 aliphatic heterocycles. The minimum absolute atomic E-state index is 0.150. The molecule has 1 saturated heterocycles. The van der Waals surface area contributed by atoms with Crippen LogP contribution in [0.1, 0.15) is 18.4 Å². The number of halogens is 1. The summed E-state index contributed by atoms with van der Waals surface area (Å²) in [7, 11) is -3.56. The number of piperidine rings is 1. The Morgan fingerprint density at radius 3 is 2.57 bits per heavy atom. The summed E-state index contributed by atoms with van der Waals surface area (Å²) in [6.45, 7) is 0.610. The smallest absolute Gasteiger partial charge is 0.228 e. The number of rotatable bonds is 5. The predicted octanol–water partition coefficient (Wildman–Crippen LogP) is 4.67. The van der Waals surface area contributed by atoms with Crippen LogP contribution in [-0.4, -0.2) is 31.7 Å². The molecule has 1 fully saturated rings. The van der Waals surface area contributed by atoms with Crippen molar-refractivity contribution in [3.63, 3.8) is 0 Å². The van der Waals surface area contributed by atoms with E-state index in [9.17, 15) is 13.2 Å². The monoisotopic (exact) mass is 442 g/mol. The number of amides is 1. The fourth-order valence-electron chi connectivity index (χ4n) is 3.82. The van der Waals surface area contributed by atoms with Gasteiger partial charge in [-0.25, -0.2) is 12.7 Å². The van der Waals surface area contributed by atoms with Crippen molar-refractivity contribution in [1.82, 2.24) is 4.31 Å². The van der Waals surface area contributed by atoms with E-state index in [0.29, 0.717) is 30.0 Å². The van der Waals surface area contributed by atoms with Crippen LogP contribution >= 0.6 is 11.6 Å². The normalized spacial score (nSPS) is 17.7. The summed E-state index contributed by atoms with van der Waals surface area (Å²) in [5, 5.41) is 5.53. The van der Waals surface area contributed by atoms with Gasteiger partial charge in [-0.15, -0.1) is 0 Å². The third kappa shape index (κ3) is 4.67. The van der Waals surface area contributed by atoms with Gasteiger partial charge in [-0.3, -0.25) is 4.79 Å². The van der Waals surface area contributed by atoms with Crippen molar-refractivity contribution in [2.24, 2.45) is 5.92 Å². The summed E-state index contributed by atoms with van der Waals surface area (Å²) < 4.78 is 27.3. The van der Waals surface area contributed by atoms with E-state index in [1.165, 1.54) is 4.31 Å². The summed E-state index contributed by atoms with van der Waals surface area (Å²) >= 11 is 6.13. The van der Waals surface area contributed by atoms with E-state index >= 15 is 0 Å². The minimum Gasteiger partial charge on any atom is -0.326 e. The van der Waals surface area contributed by atoms with Crippen molar-refractivity contribution in [2.45, 2.75) is 18.6 Å². The molecule has 0 saturated carbocycles. The van der Waals surface area contributed by atoms with Crippen molar-refractivity contribution in [2.75, 3.05) is 18.4 Å². The van der Waals surface area contributed by atoms with E-state index in [-0.39, 0.29) is 24.1 Å². The largest absolute Gasteiger partial charge is 0.326 e. The molecule has 0 aromatic heterocycles. The van der Waals surface area contributed by atoms with Crippen molar-refractivity contribution in [3.8, 4) is 0 Å². The van der Waals surface area contributed by atoms with Gasteiger partial charge in [0, 0.05) is 23.8 Å². The molecule has 1 heterocycles. The van der Waals surface area contributed by atoms with Crippen molar-refractivity contribution >= 4 is 44.0 Å². The Bertz CT molecular complexity index is 1180. The molecule has 0 spiro atoms. The summed E-state index contributed by atoms with van der Waals surface area (Å²) in [5.41, 5.74) is 1.29. The van der Waals surface area contributed by atoms with Crippen LogP contribution in [0.25, 0.3) is 10.8 Å². The van der Waals surface area contributed by atoms with Crippen molar-refractivity contribution < 1.29 is 13.2 Å². The van der Waals surface area contributed by atoms with Crippen LogP contribution in [0.2, 0.25) is 5.02 Å². The maximum atomic E-state index is 12.9. The first-order chi connectivity index (χ1) is 14.4. The van der Waals surface area contributed by atoms with Gasteiger partial charge in [-0.2, -0.15) is 0 Å². The third-order valence-corrected chi connectivity index (χ3v) is 7.62. The fourth-order valence-corrected chi connectivity index (χ4v) is 5.75. The van der Waals surface area contributed by atoms with Crippen LogP contribution < -0.4 is 5.32 Å². The predicted molar refractivity (Wildman–Crippen MR) is 121 cm³/mol. The maximum absolute atomic E-state index is 12.9. The quantitative estimate of drug-likeness (QED) is 0.624. The van der Waals surface area contributed by atoms with E-state index in [1.54, 1.807) is 24.3 Å². The Morgan fingerprint density at radius 1 is 1.03 bits per heavy atom. The van der Waals surface area contributed by atoms with Gasteiger partial charge in [-0.05, 0) is 47.4 Å². The van der Waals surface area contributed by atoms with E-state index < -0.39 is 10.0 Å². The summed E-state index contributed by atoms with van der Waals surface area (Å²) in [6.07, 6.45) is 1.31. The molecule has 1 aliphatic rings. The molecule has 0 radical (unpaired) electrons. The van der Waals surface area contributed by atoms with Gasteiger partial charge in [0.2, 0.25) is 15.9 Å². The highest BCUT2D eigenvalue weighted by atomic mass is 35.5. The molecule has 30 heavy (non-hydrogen) atoms. The van der Waals surface area contributed by atoms with Crippen LogP contribution in [-0.2, 0) is 20.6 Å². The number of carbonyl (C=O) groups is 1. The summed E-state index contributed by atoms with van der Waals surface area (Å²) in [4.78, 5) is 12.8. The Balaban J connectivity index is 1.44. The second-order valence-corrected chi connectivity index (χ2v) is 9.97. The lowest BCUT2D eigenvalue weighted by atomic mass is 9.98. The molecule has 1 atom stereocenters. The molecule has 1 amide bonds. The van der Waals surface area contributed by atoms with Crippen LogP contribution in [0.3, 0.4) is 0 Å². The molecule has 7 heteroatoms. The number of hydrogen-bond acceptors (Lipinski definition) is 3. The molecule has 3 aromatic carbocycles. The Labute approximate surface area is 181 Å². The number of fused-ring (bicyclic) bond motifs is 1. The van der Waals surface area contributed by atoms with Gasteiger partial charge in [0.15, 0.2) is 0 Å². The van der Waals surface area contributed by atoms with E-state index in [4.69, 9.17) is 11.6 Å². The van der Waals surface area contributed by atoms with Crippen LogP contribution in [0.5, 0.6) is 0 Å². The molecular formula is C23H23ClN2O3S. The third-order valence-electron chi connectivity index (χ3n) is 5.46. The van der Waals surface area contributed by atoms with Crippen molar-refractivity contribution in [1.29, 1.82) is 0 Å². The molecule has 5 nitrogen and oxygen atoms in total. The topological polar surface area (TPSA) is 66.5 Å². The molecule has 0 bridgehead atoms. The lowest BCUT2D eigenvalue weighted by molar-refractivity contribution is -0.120. The van der Waals surface area contributed by atoms with Gasteiger partial charge in [-0.1, -0.05) is 60.1 Å². The molecule has 4 rings (SSSR count). The fraction of sp³-hybridized carbons (Fsp3) is 0.261. The van der Waals surface area contributed by atoms with Gasteiger partial charge in [0.1, 0.15) is 0 Å². The molecular weight excluding hydrogens is 420 g/mol. The highest BCUT2D eigenvalue weighted by Crippen LogP contribution is 2.26. The summed E-state index contributed by atoms with van der Waals surface area (Å²) in [5.74, 6) is -0.694. The average molecular weight is 443 g/mol. The van der Waals surface area contributed by atoms with Gasteiger partial charge in [0.25, 0.3) is 0 Å². The molecule has 1 N–H and O–H groups in total. The van der Waals surface area contributed by atoms with Gasteiger partial charge < -0.3 is 5.32 Å². The van der Waals surface area contributed by atoms with E-state index in [2.05, 4.69) is 5.32 Å². The molecule has 0 aliphatic carbocycles. The second kappa shape index (κ2) is 8.76. The van der Waals surface area contributed by atoms with Gasteiger partial charge >= 0.3 is 0 Å². The number of nitrogens with zero attached hydrogens (tertiary/aromatic N) is 1. The molecule has 3 aromatic rings. The Morgan fingerprint density at radius 2 is 1.77 bits per heavy atom. The zero-order chi connectivity index (χ0) is 21.1. The average Bonchev–Trinajstić information content (AvgIpc) is 2.75. The highest BCUT2D eigenvalue weighted by molar-refractivity contribution is 7.88. The van der Waals surface area contributed by atoms with Crippen LogP contribution in [0.4, 0.5) is 5.69 Å². The number of anilines is 1. The molecule has 156 valence electrons. The Hall–Kier alpha value is -2.41. The first kappa shape index (κ1) is 20.8. The lowest BCUT2D eigenvalue weighted by Crippen LogP contribution is -2.44. The standard InChI is InChI=1S/C23H23ClN2O3S/c24-22-10-4-3-8-20(22)16-30(28,29)26-13-5-9-19(15-26)23(27)25-21-12-11-17-6-1-2-7-18(17)14-21/h1-4,6-8,10-12,14,19H,5,9,13,15-16H2,(H,25,27)/t19-/m0/s1. The minimum atomic E-state index is -3.56. The second-order valence-electron chi connectivity index (χ2n) is 7.60. The van der Waals surface area contributed by atoms with Crippen molar-refractivity contribution in [3.05, 3.63) is 77.3 Å². The maximum Gasteiger partial charge on any atom is 0.228 e. The first-order valence-electron chi connectivity index (χ1n) is 9.93. The van der Waals surface area contributed by atoms with E-state index in [1.807, 2.05) is 42.5 Å². The van der Waals surface area contributed by atoms with E-state index in [0.717, 1.165) is 16.5 Å². The van der Waals surface area contributed by atoms with Crippen LogP contribution in [0, 0.1) is 5.92 Å². The number of carbonyl (C=O) groups excluding carboxylic acids is 1. The Kier molecular flexibility index (Phi) is 6.09.